The van der Waals surface area contributed by atoms with Crippen LogP contribution in [0.25, 0.3) is 11.0 Å². The van der Waals surface area contributed by atoms with Gasteiger partial charge < -0.3 is 10.2 Å². The van der Waals surface area contributed by atoms with Crippen LogP contribution in [0.5, 0.6) is 0 Å². The van der Waals surface area contributed by atoms with Gasteiger partial charge in [0.05, 0.1) is 6.04 Å². The van der Waals surface area contributed by atoms with Crippen LogP contribution in [0.1, 0.15) is 57.9 Å². The van der Waals surface area contributed by atoms with Crippen molar-refractivity contribution in [2.24, 2.45) is 17.1 Å². The Kier molecular flexibility index (Phi) is 4.24. The molecule has 2 N–H and O–H groups in total. The molecule has 0 bridgehead atoms. The molecular weight excluding hydrogens is 246 g/mol. The van der Waals surface area contributed by atoms with Gasteiger partial charge in [-0.05, 0) is 42.7 Å². The van der Waals surface area contributed by atoms with Gasteiger partial charge in [-0.2, -0.15) is 0 Å². The fourth-order valence-electron chi connectivity index (χ4n) is 3.09. The van der Waals surface area contributed by atoms with E-state index < -0.39 is 0 Å². The highest BCUT2D eigenvalue weighted by Crippen LogP contribution is 2.32. The third-order valence-electron chi connectivity index (χ3n) is 3.74. The topological polar surface area (TPSA) is 39.2 Å². The number of benzene rings is 1. The number of rotatable bonds is 4. The molecule has 0 spiro atoms. The van der Waals surface area contributed by atoms with Gasteiger partial charge in [-0.25, -0.2) is 0 Å². The summed E-state index contributed by atoms with van der Waals surface area (Å²) in [6, 6.07) is 8.30. The van der Waals surface area contributed by atoms with Gasteiger partial charge in [0.1, 0.15) is 11.3 Å². The standard InChI is InChI=1S/C18H27NO/c1-12(11-18(3,4)5)9-15(19)16-10-14-8-6-7-13(2)17(14)20-16/h6-8,10,12,15H,9,11,19H2,1-5H3. The molecule has 0 amide bonds. The van der Waals surface area contributed by atoms with Crippen LogP contribution in [-0.2, 0) is 0 Å². The minimum absolute atomic E-state index is 0.0147. The maximum atomic E-state index is 6.33. The Labute approximate surface area is 122 Å². The molecule has 0 aliphatic rings. The van der Waals surface area contributed by atoms with E-state index in [1.54, 1.807) is 0 Å². The molecule has 0 aliphatic heterocycles. The number of hydrogen-bond acceptors (Lipinski definition) is 2. The summed E-state index contributed by atoms with van der Waals surface area (Å²) in [5.41, 5.74) is 8.83. The molecule has 2 heteroatoms. The summed E-state index contributed by atoms with van der Waals surface area (Å²) in [7, 11) is 0. The molecule has 0 aliphatic carbocycles. The van der Waals surface area contributed by atoms with Gasteiger partial charge in [-0.15, -0.1) is 0 Å². The third-order valence-corrected chi connectivity index (χ3v) is 3.74. The van der Waals surface area contributed by atoms with Gasteiger partial charge in [-0.1, -0.05) is 45.9 Å². The summed E-state index contributed by atoms with van der Waals surface area (Å²) in [6.45, 7) is 11.2. The van der Waals surface area contributed by atoms with Crippen molar-refractivity contribution in [3.05, 3.63) is 35.6 Å². The average Bonchev–Trinajstić information content (AvgIpc) is 2.71. The Balaban J connectivity index is 2.11. The van der Waals surface area contributed by atoms with E-state index in [0.717, 1.165) is 23.2 Å². The molecule has 2 rings (SSSR count). The fourth-order valence-corrected chi connectivity index (χ4v) is 3.09. The van der Waals surface area contributed by atoms with Crippen LogP contribution in [0, 0.1) is 18.3 Å². The summed E-state index contributed by atoms with van der Waals surface area (Å²) >= 11 is 0. The molecule has 2 nitrogen and oxygen atoms in total. The Morgan fingerprint density at radius 3 is 2.55 bits per heavy atom. The van der Waals surface area contributed by atoms with Gasteiger partial charge in [0.15, 0.2) is 0 Å². The molecule has 2 aromatic rings. The van der Waals surface area contributed by atoms with Crippen molar-refractivity contribution in [1.82, 2.24) is 0 Å². The van der Waals surface area contributed by atoms with E-state index in [9.17, 15) is 0 Å². The second-order valence-electron chi connectivity index (χ2n) is 7.35. The van der Waals surface area contributed by atoms with E-state index >= 15 is 0 Å². The molecule has 110 valence electrons. The highest BCUT2D eigenvalue weighted by atomic mass is 16.3. The first-order valence-corrected chi connectivity index (χ1v) is 7.51. The molecule has 2 unspecified atom stereocenters. The molecule has 1 aromatic carbocycles. The smallest absolute Gasteiger partial charge is 0.137 e. The van der Waals surface area contributed by atoms with Crippen LogP contribution in [0.3, 0.4) is 0 Å². The highest BCUT2D eigenvalue weighted by molar-refractivity contribution is 5.80. The van der Waals surface area contributed by atoms with Crippen LogP contribution >= 0.6 is 0 Å². The average molecular weight is 273 g/mol. The van der Waals surface area contributed by atoms with Crippen molar-refractivity contribution >= 4 is 11.0 Å². The van der Waals surface area contributed by atoms with E-state index in [0.29, 0.717) is 11.3 Å². The first kappa shape index (κ1) is 15.1. The maximum Gasteiger partial charge on any atom is 0.137 e. The van der Waals surface area contributed by atoms with Crippen molar-refractivity contribution in [3.63, 3.8) is 0 Å². The number of para-hydroxylation sites is 1. The zero-order valence-corrected chi connectivity index (χ0v) is 13.4. The normalized spacial score (nSPS) is 15.5. The lowest BCUT2D eigenvalue weighted by Crippen LogP contribution is -2.17. The van der Waals surface area contributed by atoms with Gasteiger partial charge in [0.25, 0.3) is 0 Å². The van der Waals surface area contributed by atoms with E-state index in [1.165, 1.54) is 12.0 Å². The minimum Gasteiger partial charge on any atom is -0.459 e. The maximum absolute atomic E-state index is 6.33. The molecule has 2 atom stereocenters. The largest absolute Gasteiger partial charge is 0.459 e. The highest BCUT2D eigenvalue weighted by Gasteiger charge is 2.20. The monoisotopic (exact) mass is 273 g/mol. The Bertz CT molecular complexity index is 577. The number of nitrogens with two attached hydrogens (primary N) is 1. The first-order valence-electron chi connectivity index (χ1n) is 7.51. The zero-order valence-electron chi connectivity index (χ0n) is 13.4. The second-order valence-corrected chi connectivity index (χ2v) is 7.35. The van der Waals surface area contributed by atoms with Crippen LogP contribution in [-0.4, -0.2) is 0 Å². The second kappa shape index (κ2) is 5.61. The number of aryl methyl sites for hydroxylation is 1. The lowest BCUT2D eigenvalue weighted by molar-refractivity contribution is 0.279. The van der Waals surface area contributed by atoms with Crippen molar-refractivity contribution < 1.29 is 4.42 Å². The minimum atomic E-state index is -0.0147. The first-order chi connectivity index (χ1) is 9.26. The summed E-state index contributed by atoms with van der Waals surface area (Å²) in [5, 5.41) is 1.15. The van der Waals surface area contributed by atoms with Crippen molar-refractivity contribution in [2.75, 3.05) is 0 Å². The fraction of sp³-hybridized carbons (Fsp3) is 0.556. The van der Waals surface area contributed by atoms with Crippen LogP contribution in [0.4, 0.5) is 0 Å². The Hall–Kier alpha value is -1.28. The van der Waals surface area contributed by atoms with Crippen LogP contribution in [0.15, 0.2) is 28.7 Å². The van der Waals surface area contributed by atoms with E-state index in [1.807, 2.05) is 0 Å². The van der Waals surface area contributed by atoms with Gasteiger partial charge >= 0.3 is 0 Å². The predicted octanol–water partition coefficient (Wildman–Crippen LogP) is 5.20. The van der Waals surface area contributed by atoms with E-state index in [2.05, 4.69) is 58.9 Å². The zero-order chi connectivity index (χ0) is 14.9. The Morgan fingerprint density at radius 1 is 1.25 bits per heavy atom. The lowest BCUT2D eigenvalue weighted by Gasteiger charge is -2.24. The summed E-state index contributed by atoms with van der Waals surface area (Å²) in [5.74, 6) is 1.51. The molecule has 0 fully saturated rings. The quantitative estimate of drug-likeness (QED) is 0.831. The van der Waals surface area contributed by atoms with Gasteiger partial charge in [0.2, 0.25) is 0 Å². The van der Waals surface area contributed by atoms with Crippen LogP contribution in [0.2, 0.25) is 0 Å². The third kappa shape index (κ3) is 3.63. The molecule has 0 saturated heterocycles. The molecule has 0 radical (unpaired) electrons. The summed E-state index contributed by atoms with van der Waals surface area (Å²) in [4.78, 5) is 0. The molecule has 1 heterocycles. The number of furan rings is 1. The summed E-state index contributed by atoms with van der Waals surface area (Å²) < 4.78 is 5.97. The Morgan fingerprint density at radius 2 is 1.95 bits per heavy atom. The van der Waals surface area contributed by atoms with Crippen molar-refractivity contribution in [1.29, 1.82) is 0 Å². The SMILES string of the molecule is Cc1cccc2cc(C(N)CC(C)CC(C)(C)C)oc12. The van der Waals surface area contributed by atoms with E-state index in [-0.39, 0.29) is 6.04 Å². The van der Waals surface area contributed by atoms with Crippen molar-refractivity contribution in [2.45, 2.75) is 53.5 Å². The van der Waals surface area contributed by atoms with Crippen molar-refractivity contribution in [3.8, 4) is 0 Å². The molecular formula is C18H27NO. The van der Waals surface area contributed by atoms with E-state index in [4.69, 9.17) is 10.2 Å². The predicted molar refractivity (Wildman–Crippen MR) is 85.7 cm³/mol. The molecule has 20 heavy (non-hydrogen) atoms. The van der Waals surface area contributed by atoms with Gasteiger partial charge in [-0.3, -0.25) is 0 Å². The van der Waals surface area contributed by atoms with Gasteiger partial charge in [0, 0.05) is 5.39 Å². The molecule has 1 aromatic heterocycles. The summed E-state index contributed by atoms with van der Waals surface area (Å²) in [6.07, 6.45) is 2.15. The lowest BCUT2D eigenvalue weighted by atomic mass is 9.83. The molecule has 0 saturated carbocycles. The van der Waals surface area contributed by atoms with Crippen LogP contribution < -0.4 is 5.73 Å². The number of hydrogen-bond donors (Lipinski definition) is 1. The number of fused-ring (bicyclic) bond motifs is 1.